The van der Waals surface area contributed by atoms with E-state index < -0.39 is 11.9 Å². The molecule has 24 heavy (non-hydrogen) atoms. The van der Waals surface area contributed by atoms with Gasteiger partial charge in [0, 0.05) is 6.08 Å². The van der Waals surface area contributed by atoms with Gasteiger partial charge in [0.2, 0.25) is 0 Å². The zero-order chi connectivity index (χ0) is 17.4. The van der Waals surface area contributed by atoms with Crippen LogP contribution in [0.15, 0.2) is 61.2 Å². The number of carbonyl (C=O) groups is 2. The molecule has 0 N–H and O–H groups in total. The number of unbranched alkanes of at least 4 members (excludes halogenated alkanes) is 1. The van der Waals surface area contributed by atoms with Crippen LogP contribution in [0.1, 0.15) is 35.7 Å². The molecule has 2 aromatic rings. The van der Waals surface area contributed by atoms with E-state index in [0.717, 1.165) is 25.3 Å². The van der Waals surface area contributed by atoms with Gasteiger partial charge in [-0.1, -0.05) is 32.1 Å². The minimum Gasteiger partial charge on any atom is -0.423 e. The van der Waals surface area contributed by atoms with Crippen LogP contribution in [-0.2, 0) is 11.2 Å². The van der Waals surface area contributed by atoms with Gasteiger partial charge in [0.15, 0.2) is 0 Å². The molecule has 0 unspecified atom stereocenters. The third-order valence-corrected chi connectivity index (χ3v) is 3.43. The number of ether oxygens (including phenoxy) is 2. The van der Waals surface area contributed by atoms with Gasteiger partial charge in [-0.05, 0) is 54.8 Å². The molecule has 0 radical (unpaired) electrons. The third-order valence-electron chi connectivity index (χ3n) is 3.43. The van der Waals surface area contributed by atoms with Gasteiger partial charge in [-0.2, -0.15) is 0 Å². The van der Waals surface area contributed by atoms with Crippen molar-refractivity contribution in [2.75, 3.05) is 0 Å². The van der Waals surface area contributed by atoms with Crippen molar-refractivity contribution in [3.63, 3.8) is 0 Å². The van der Waals surface area contributed by atoms with E-state index in [1.807, 2.05) is 12.1 Å². The fourth-order valence-electron chi connectivity index (χ4n) is 2.09. The average Bonchev–Trinajstić information content (AvgIpc) is 2.61. The molecule has 0 bridgehead atoms. The number of carbonyl (C=O) groups excluding carboxylic acids is 2. The van der Waals surface area contributed by atoms with Gasteiger partial charge in [-0.15, -0.1) is 0 Å². The lowest BCUT2D eigenvalue weighted by Gasteiger charge is -2.06. The SMILES string of the molecule is C=CC(=O)Oc1ccc(OC(=O)c2ccc(CCCC)cc2)cc1. The molecule has 0 aliphatic rings. The molecule has 2 rings (SSSR count). The Labute approximate surface area is 141 Å². The van der Waals surface area contributed by atoms with Crippen LogP contribution in [-0.4, -0.2) is 11.9 Å². The number of rotatable bonds is 7. The first kappa shape index (κ1) is 17.5. The molecule has 0 atom stereocenters. The summed E-state index contributed by atoms with van der Waals surface area (Å²) in [5.41, 5.74) is 1.71. The molecular formula is C20H20O4. The van der Waals surface area contributed by atoms with E-state index in [0.29, 0.717) is 17.1 Å². The Hall–Kier alpha value is -2.88. The van der Waals surface area contributed by atoms with Crippen LogP contribution in [0.4, 0.5) is 0 Å². The van der Waals surface area contributed by atoms with Crippen LogP contribution in [0, 0.1) is 0 Å². The Kier molecular flexibility index (Phi) is 6.32. The summed E-state index contributed by atoms with van der Waals surface area (Å²) in [5.74, 6) is -0.218. The number of benzene rings is 2. The topological polar surface area (TPSA) is 52.6 Å². The van der Waals surface area contributed by atoms with Crippen molar-refractivity contribution in [2.45, 2.75) is 26.2 Å². The zero-order valence-corrected chi connectivity index (χ0v) is 13.7. The molecule has 124 valence electrons. The minimum atomic E-state index is -0.539. The van der Waals surface area contributed by atoms with Crippen molar-refractivity contribution in [3.05, 3.63) is 72.3 Å². The molecule has 0 saturated carbocycles. The zero-order valence-electron chi connectivity index (χ0n) is 13.7. The van der Waals surface area contributed by atoms with E-state index in [1.54, 1.807) is 36.4 Å². The molecule has 0 aliphatic heterocycles. The molecule has 0 aromatic heterocycles. The summed E-state index contributed by atoms with van der Waals surface area (Å²) < 4.78 is 10.3. The minimum absolute atomic E-state index is 0.361. The third kappa shape index (κ3) is 5.09. The largest absolute Gasteiger partial charge is 0.423 e. The summed E-state index contributed by atoms with van der Waals surface area (Å²) in [5, 5.41) is 0. The first-order valence-corrected chi connectivity index (χ1v) is 7.88. The lowest BCUT2D eigenvalue weighted by atomic mass is 10.1. The standard InChI is InChI=1S/C20H20O4/c1-3-5-6-15-7-9-16(10-8-15)20(22)24-18-13-11-17(12-14-18)23-19(21)4-2/h4,7-14H,2-3,5-6H2,1H3. The van der Waals surface area contributed by atoms with Crippen molar-refractivity contribution in [2.24, 2.45) is 0 Å². The smallest absolute Gasteiger partial charge is 0.343 e. The fraction of sp³-hybridized carbons (Fsp3) is 0.200. The highest BCUT2D eigenvalue weighted by Crippen LogP contribution is 2.19. The average molecular weight is 324 g/mol. The van der Waals surface area contributed by atoms with E-state index in [2.05, 4.69) is 13.5 Å². The van der Waals surface area contributed by atoms with Gasteiger partial charge >= 0.3 is 11.9 Å². The number of hydrogen-bond acceptors (Lipinski definition) is 4. The van der Waals surface area contributed by atoms with Crippen molar-refractivity contribution >= 4 is 11.9 Å². The van der Waals surface area contributed by atoms with Gasteiger partial charge in [0.25, 0.3) is 0 Å². The van der Waals surface area contributed by atoms with Gasteiger partial charge in [-0.25, -0.2) is 9.59 Å². The molecule has 0 fully saturated rings. The summed E-state index contributed by atoms with van der Waals surface area (Å²) in [6.07, 6.45) is 4.36. The number of hydrogen-bond donors (Lipinski definition) is 0. The highest BCUT2D eigenvalue weighted by molar-refractivity contribution is 5.91. The van der Waals surface area contributed by atoms with Gasteiger partial charge < -0.3 is 9.47 Å². The van der Waals surface area contributed by atoms with E-state index in [1.165, 1.54) is 5.56 Å². The molecule has 4 heteroatoms. The number of esters is 2. The Morgan fingerprint density at radius 3 is 2.08 bits per heavy atom. The molecular weight excluding hydrogens is 304 g/mol. The molecule has 0 heterocycles. The second kappa shape index (κ2) is 8.67. The van der Waals surface area contributed by atoms with E-state index in [4.69, 9.17) is 9.47 Å². The van der Waals surface area contributed by atoms with Crippen LogP contribution >= 0.6 is 0 Å². The monoisotopic (exact) mass is 324 g/mol. The first-order chi connectivity index (χ1) is 11.6. The van der Waals surface area contributed by atoms with Gasteiger partial charge in [0.1, 0.15) is 11.5 Å². The second-order valence-corrected chi connectivity index (χ2v) is 5.29. The van der Waals surface area contributed by atoms with Crippen molar-refractivity contribution in [3.8, 4) is 11.5 Å². The molecule has 4 nitrogen and oxygen atoms in total. The van der Waals surface area contributed by atoms with E-state index in [-0.39, 0.29) is 0 Å². The fourth-order valence-corrected chi connectivity index (χ4v) is 2.09. The highest BCUT2D eigenvalue weighted by atomic mass is 16.5. The van der Waals surface area contributed by atoms with Crippen LogP contribution in [0.2, 0.25) is 0 Å². The predicted molar refractivity (Wildman–Crippen MR) is 92.3 cm³/mol. The van der Waals surface area contributed by atoms with Crippen molar-refractivity contribution < 1.29 is 19.1 Å². The second-order valence-electron chi connectivity index (χ2n) is 5.29. The molecule has 0 aliphatic carbocycles. The van der Waals surface area contributed by atoms with Crippen molar-refractivity contribution in [1.29, 1.82) is 0 Å². The maximum absolute atomic E-state index is 12.1. The summed E-state index contributed by atoms with van der Waals surface area (Å²) in [4.78, 5) is 23.2. The Morgan fingerprint density at radius 2 is 1.54 bits per heavy atom. The molecule has 0 amide bonds. The molecule has 0 saturated heterocycles. The predicted octanol–water partition coefficient (Wildman–Crippen LogP) is 4.34. The van der Waals surface area contributed by atoms with Crippen molar-refractivity contribution in [1.82, 2.24) is 0 Å². The Balaban J connectivity index is 1.96. The summed E-state index contributed by atoms with van der Waals surface area (Å²) >= 11 is 0. The Bertz CT molecular complexity index is 699. The molecule has 0 spiro atoms. The highest BCUT2D eigenvalue weighted by Gasteiger charge is 2.09. The van der Waals surface area contributed by atoms with Crippen LogP contribution in [0.25, 0.3) is 0 Å². The maximum atomic E-state index is 12.1. The quantitative estimate of drug-likeness (QED) is 0.432. The Morgan fingerprint density at radius 1 is 0.958 bits per heavy atom. The van der Waals surface area contributed by atoms with Gasteiger partial charge in [0.05, 0.1) is 5.56 Å². The maximum Gasteiger partial charge on any atom is 0.343 e. The van der Waals surface area contributed by atoms with Crippen LogP contribution in [0.3, 0.4) is 0 Å². The summed E-state index contributed by atoms with van der Waals surface area (Å²) in [7, 11) is 0. The number of aryl methyl sites for hydroxylation is 1. The summed E-state index contributed by atoms with van der Waals surface area (Å²) in [6.45, 7) is 5.47. The summed E-state index contributed by atoms with van der Waals surface area (Å²) in [6, 6.07) is 13.7. The first-order valence-electron chi connectivity index (χ1n) is 7.88. The lowest BCUT2D eigenvalue weighted by Crippen LogP contribution is -2.08. The molecule has 2 aromatic carbocycles. The van der Waals surface area contributed by atoms with Crippen LogP contribution in [0.5, 0.6) is 11.5 Å². The van der Waals surface area contributed by atoms with E-state index >= 15 is 0 Å². The van der Waals surface area contributed by atoms with Gasteiger partial charge in [-0.3, -0.25) is 0 Å². The van der Waals surface area contributed by atoms with E-state index in [9.17, 15) is 9.59 Å². The lowest BCUT2D eigenvalue weighted by molar-refractivity contribution is -0.128. The normalized spacial score (nSPS) is 10.0. The van der Waals surface area contributed by atoms with Crippen LogP contribution < -0.4 is 9.47 Å².